The lowest BCUT2D eigenvalue weighted by Crippen LogP contribution is -2.34. The summed E-state index contributed by atoms with van der Waals surface area (Å²) >= 11 is 0. The summed E-state index contributed by atoms with van der Waals surface area (Å²) < 4.78 is 5.45. The fourth-order valence-corrected chi connectivity index (χ4v) is 4.13. The number of methoxy groups -OCH3 is 1. The molecule has 1 fully saturated rings. The number of carbonyl (C=O) groups is 3. The lowest BCUT2D eigenvalue weighted by Gasteiger charge is -2.21. The van der Waals surface area contributed by atoms with Gasteiger partial charge in [-0.05, 0) is 55.2 Å². The fourth-order valence-electron chi connectivity index (χ4n) is 4.13. The Labute approximate surface area is 181 Å². The molecule has 2 aliphatic heterocycles. The van der Waals surface area contributed by atoms with Gasteiger partial charge in [-0.3, -0.25) is 14.4 Å². The summed E-state index contributed by atoms with van der Waals surface area (Å²) in [4.78, 5) is 41.7. The minimum absolute atomic E-state index is 0.172. The molecule has 2 heterocycles. The van der Waals surface area contributed by atoms with Crippen LogP contribution in [0.15, 0.2) is 48.2 Å². The maximum absolute atomic E-state index is 13.6. The summed E-state index contributed by atoms with van der Waals surface area (Å²) in [6.07, 6.45) is 1.96. The van der Waals surface area contributed by atoms with Crippen LogP contribution in [0.25, 0.3) is 5.57 Å². The van der Waals surface area contributed by atoms with Gasteiger partial charge < -0.3 is 15.0 Å². The first-order valence-electron chi connectivity index (χ1n) is 10.3. The number of benzene rings is 2. The van der Waals surface area contributed by atoms with Gasteiger partial charge >= 0.3 is 0 Å². The molecular formula is C24H25N3O4. The quantitative estimate of drug-likeness (QED) is 0.752. The first-order chi connectivity index (χ1) is 14.9. The van der Waals surface area contributed by atoms with Gasteiger partial charge in [-0.15, -0.1) is 0 Å². The molecule has 0 radical (unpaired) electrons. The van der Waals surface area contributed by atoms with Crippen LogP contribution in [-0.2, 0) is 14.4 Å². The van der Waals surface area contributed by atoms with E-state index in [1.54, 1.807) is 36.4 Å². The van der Waals surface area contributed by atoms with Crippen molar-refractivity contribution in [2.45, 2.75) is 26.7 Å². The number of rotatable bonds is 5. The number of aryl methyl sites for hydroxylation is 1. The van der Waals surface area contributed by atoms with Crippen LogP contribution in [0, 0.1) is 6.92 Å². The zero-order valence-electron chi connectivity index (χ0n) is 17.9. The number of hydrogen-bond acceptors (Lipinski definition) is 5. The van der Waals surface area contributed by atoms with Crippen LogP contribution in [0.1, 0.15) is 30.9 Å². The maximum atomic E-state index is 13.6. The van der Waals surface area contributed by atoms with Crippen LogP contribution in [0.3, 0.4) is 0 Å². The van der Waals surface area contributed by atoms with Gasteiger partial charge in [0.05, 0.1) is 18.4 Å². The monoisotopic (exact) mass is 419 g/mol. The number of amides is 3. The zero-order valence-corrected chi connectivity index (χ0v) is 17.9. The van der Waals surface area contributed by atoms with E-state index in [4.69, 9.17) is 4.74 Å². The van der Waals surface area contributed by atoms with E-state index < -0.39 is 0 Å². The van der Waals surface area contributed by atoms with Crippen LogP contribution in [0.2, 0.25) is 0 Å². The van der Waals surface area contributed by atoms with Gasteiger partial charge in [0.25, 0.3) is 11.8 Å². The number of likely N-dealkylation sites (tertiary alicyclic amines) is 1. The molecule has 0 unspecified atom stereocenters. The van der Waals surface area contributed by atoms with E-state index in [0.717, 1.165) is 31.5 Å². The number of imide groups is 1. The largest absolute Gasteiger partial charge is 0.495 e. The molecular weight excluding hydrogens is 394 g/mol. The van der Waals surface area contributed by atoms with Gasteiger partial charge in [0.1, 0.15) is 11.4 Å². The summed E-state index contributed by atoms with van der Waals surface area (Å²) in [7, 11) is 1.52. The summed E-state index contributed by atoms with van der Waals surface area (Å²) in [5.74, 6) is -0.412. The molecule has 4 rings (SSSR count). The Morgan fingerprint density at radius 2 is 1.68 bits per heavy atom. The predicted octanol–water partition coefficient (Wildman–Crippen LogP) is 3.34. The number of ether oxygens (including phenoxy) is 1. The molecule has 0 spiro atoms. The molecule has 3 amide bonds. The molecule has 31 heavy (non-hydrogen) atoms. The molecule has 1 N–H and O–H groups in total. The van der Waals surface area contributed by atoms with Crippen molar-refractivity contribution in [2.75, 3.05) is 30.4 Å². The second-order valence-corrected chi connectivity index (χ2v) is 7.80. The molecule has 0 bridgehead atoms. The molecule has 7 nitrogen and oxygen atoms in total. The molecule has 0 atom stereocenters. The average Bonchev–Trinajstić information content (AvgIpc) is 3.34. The molecule has 0 aromatic heterocycles. The van der Waals surface area contributed by atoms with Gasteiger partial charge in [0.15, 0.2) is 0 Å². The van der Waals surface area contributed by atoms with Gasteiger partial charge in [0.2, 0.25) is 5.91 Å². The molecule has 2 aliphatic rings. The van der Waals surface area contributed by atoms with Crippen molar-refractivity contribution < 1.29 is 19.1 Å². The minimum atomic E-state index is -0.372. The van der Waals surface area contributed by atoms with E-state index >= 15 is 0 Å². The fraction of sp³-hybridized carbons (Fsp3) is 0.292. The summed E-state index contributed by atoms with van der Waals surface area (Å²) in [6, 6.07) is 12.4. The molecule has 0 saturated carbocycles. The highest BCUT2D eigenvalue weighted by Gasteiger charge is 2.43. The lowest BCUT2D eigenvalue weighted by atomic mass is 10.0. The Bertz CT molecular complexity index is 1080. The first kappa shape index (κ1) is 20.7. The molecule has 7 heteroatoms. The van der Waals surface area contributed by atoms with Crippen molar-refractivity contribution in [3.8, 4) is 5.75 Å². The Morgan fingerprint density at radius 1 is 1.00 bits per heavy atom. The molecule has 0 aliphatic carbocycles. The number of nitrogens with one attached hydrogen (secondary N) is 1. The Kier molecular flexibility index (Phi) is 5.50. The standard InChI is InChI=1S/C24H25N3O4/c1-15-6-11-20(31-3)19(14-15)27-23(29)21(22(24(27)30)26-12-4-5-13-26)17-7-9-18(10-8-17)25-16(2)28/h6-11,14H,4-5,12-13H2,1-3H3,(H,25,28). The molecule has 2 aromatic carbocycles. The molecule has 1 saturated heterocycles. The van der Waals surface area contributed by atoms with E-state index in [-0.39, 0.29) is 17.7 Å². The van der Waals surface area contributed by atoms with E-state index in [2.05, 4.69) is 5.32 Å². The smallest absolute Gasteiger partial charge is 0.282 e. The van der Waals surface area contributed by atoms with Gasteiger partial charge in [0, 0.05) is 25.7 Å². The van der Waals surface area contributed by atoms with Crippen molar-refractivity contribution in [2.24, 2.45) is 0 Å². The van der Waals surface area contributed by atoms with Crippen molar-refractivity contribution in [3.63, 3.8) is 0 Å². The highest BCUT2D eigenvalue weighted by atomic mass is 16.5. The Morgan fingerprint density at radius 3 is 2.29 bits per heavy atom. The summed E-state index contributed by atoms with van der Waals surface area (Å²) in [5.41, 5.74) is 3.45. The number of hydrogen-bond donors (Lipinski definition) is 1. The van der Waals surface area contributed by atoms with E-state index in [1.165, 1.54) is 18.9 Å². The third-order valence-corrected chi connectivity index (χ3v) is 5.55. The number of anilines is 2. The average molecular weight is 419 g/mol. The lowest BCUT2D eigenvalue weighted by molar-refractivity contribution is -0.120. The highest BCUT2D eigenvalue weighted by molar-refractivity contribution is 6.45. The van der Waals surface area contributed by atoms with Crippen molar-refractivity contribution in [3.05, 3.63) is 59.3 Å². The van der Waals surface area contributed by atoms with Gasteiger partial charge in [-0.2, -0.15) is 0 Å². The summed E-state index contributed by atoms with van der Waals surface area (Å²) in [5, 5.41) is 2.72. The third kappa shape index (κ3) is 3.79. The van der Waals surface area contributed by atoms with E-state index in [9.17, 15) is 14.4 Å². The topological polar surface area (TPSA) is 79.0 Å². The maximum Gasteiger partial charge on any atom is 0.282 e. The van der Waals surface area contributed by atoms with Crippen LogP contribution in [0.5, 0.6) is 5.75 Å². The van der Waals surface area contributed by atoms with E-state index in [1.807, 2.05) is 17.9 Å². The first-order valence-corrected chi connectivity index (χ1v) is 10.3. The third-order valence-electron chi connectivity index (χ3n) is 5.55. The van der Waals surface area contributed by atoms with Crippen LogP contribution < -0.4 is 15.0 Å². The predicted molar refractivity (Wildman–Crippen MR) is 119 cm³/mol. The second-order valence-electron chi connectivity index (χ2n) is 7.80. The SMILES string of the molecule is COc1ccc(C)cc1N1C(=O)C(c2ccc(NC(C)=O)cc2)=C(N2CCCC2)C1=O. The van der Waals surface area contributed by atoms with E-state index in [0.29, 0.717) is 34.0 Å². The Hall–Kier alpha value is -3.61. The number of carbonyl (C=O) groups excluding carboxylic acids is 3. The van der Waals surface area contributed by atoms with Crippen LogP contribution in [-0.4, -0.2) is 42.8 Å². The van der Waals surface area contributed by atoms with Crippen LogP contribution in [0.4, 0.5) is 11.4 Å². The molecule has 160 valence electrons. The molecule has 2 aromatic rings. The Balaban J connectivity index is 1.81. The van der Waals surface area contributed by atoms with Crippen molar-refractivity contribution >= 4 is 34.7 Å². The van der Waals surface area contributed by atoms with Gasteiger partial charge in [-0.25, -0.2) is 4.90 Å². The van der Waals surface area contributed by atoms with Crippen molar-refractivity contribution in [1.82, 2.24) is 4.90 Å². The second kappa shape index (κ2) is 8.26. The number of nitrogens with zero attached hydrogens (tertiary/aromatic N) is 2. The van der Waals surface area contributed by atoms with Crippen LogP contribution >= 0.6 is 0 Å². The normalized spacial score (nSPS) is 16.4. The summed E-state index contributed by atoms with van der Waals surface area (Å²) in [6.45, 7) is 4.82. The zero-order chi connectivity index (χ0) is 22.1. The van der Waals surface area contributed by atoms with Crippen molar-refractivity contribution in [1.29, 1.82) is 0 Å². The minimum Gasteiger partial charge on any atom is -0.495 e. The highest BCUT2D eigenvalue weighted by Crippen LogP contribution is 2.40. The van der Waals surface area contributed by atoms with Gasteiger partial charge in [-0.1, -0.05) is 18.2 Å².